The average molecular weight is 249 g/mol. The molecule has 2 rings (SSSR count). The zero-order chi connectivity index (χ0) is 12.1. The first-order valence-electron chi connectivity index (χ1n) is 6.28. The summed E-state index contributed by atoms with van der Waals surface area (Å²) in [6.45, 7) is 1.97. The van der Waals surface area contributed by atoms with Gasteiger partial charge in [-0.25, -0.2) is 0 Å². The minimum absolute atomic E-state index is 0.0157. The summed E-state index contributed by atoms with van der Waals surface area (Å²) in [5.74, 6) is 0.172. The van der Waals surface area contributed by atoms with Gasteiger partial charge in [-0.2, -0.15) is 0 Å². The van der Waals surface area contributed by atoms with Crippen LogP contribution in [0.5, 0.6) is 0 Å². The van der Waals surface area contributed by atoms with Crippen LogP contribution in [0.1, 0.15) is 32.6 Å². The summed E-state index contributed by atoms with van der Waals surface area (Å²) in [5.41, 5.74) is 0. The highest BCUT2D eigenvalue weighted by atomic mass is 32.2. The van der Waals surface area contributed by atoms with E-state index in [-0.39, 0.29) is 11.2 Å². The summed E-state index contributed by atoms with van der Waals surface area (Å²) in [5, 5.41) is 3.12. The van der Waals surface area contributed by atoms with Crippen molar-refractivity contribution in [3.05, 3.63) is 30.3 Å². The van der Waals surface area contributed by atoms with Crippen LogP contribution in [0.4, 0.5) is 0 Å². The summed E-state index contributed by atoms with van der Waals surface area (Å²) < 4.78 is 0. The molecule has 1 aromatic carbocycles. The number of carbonyl (C=O) groups excluding carboxylic acids is 1. The molecule has 1 amide bonds. The fraction of sp³-hybridized carbons (Fsp3) is 0.500. The zero-order valence-corrected chi connectivity index (χ0v) is 11.0. The lowest BCUT2D eigenvalue weighted by Gasteiger charge is -2.16. The van der Waals surface area contributed by atoms with Gasteiger partial charge in [0.25, 0.3) is 0 Å². The fourth-order valence-corrected chi connectivity index (χ4v) is 3.04. The van der Waals surface area contributed by atoms with Gasteiger partial charge < -0.3 is 5.32 Å². The van der Waals surface area contributed by atoms with E-state index in [0.717, 1.165) is 17.7 Å². The van der Waals surface area contributed by atoms with E-state index in [1.54, 1.807) is 11.8 Å². The van der Waals surface area contributed by atoms with Crippen LogP contribution in [0.25, 0.3) is 0 Å². The number of amides is 1. The first kappa shape index (κ1) is 12.5. The van der Waals surface area contributed by atoms with E-state index < -0.39 is 0 Å². The Kier molecular flexibility index (Phi) is 4.49. The second kappa shape index (κ2) is 6.10. The molecule has 1 fully saturated rings. The van der Waals surface area contributed by atoms with E-state index in [1.807, 2.05) is 37.3 Å². The lowest BCUT2D eigenvalue weighted by Crippen LogP contribution is -2.37. The number of benzene rings is 1. The van der Waals surface area contributed by atoms with Crippen LogP contribution in [0.2, 0.25) is 0 Å². The van der Waals surface area contributed by atoms with Gasteiger partial charge in [-0.05, 0) is 31.9 Å². The van der Waals surface area contributed by atoms with Gasteiger partial charge in [0.15, 0.2) is 0 Å². The van der Waals surface area contributed by atoms with Crippen molar-refractivity contribution in [2.24, 2.45) is 0 Å². The van der Waals surface area contributed by atoms with Gasteiger partial charge in [0, 0.05) is 10.9 Å². The maximum Gasteiger partial charge on any atom is 0.233 e. The van der Waals surface area contributed by atoms with Crippen LogP contribution in [0.3, 0.4) is 0 Å². The zero-order valence-electron chi connectivity index (χ0n) is 10.2. The van der Waals surface area contributed by atoms with Crippen LogP contribution in [-0.2, 0) is 4.79 Å². The van der Waals surface area contributed by atoms with Crippen molar-refractivity contribution in [3.8, 4) is 0 Å². The number of rotatable bonds is 4. The van der Waals surface area contributed by atoms with Crippen molar-refractivity contribution in [2.75, 3.05) is 0 Å². The normalized spacial score (nSPS) is 17.9. The van der Waals surface area contributed by atoms with E-state index in [0.29, 0.717) is 6.04 Å². The van der Waals surface area contributed by atoms with Crippen LogP contribution in [0, 0.1) is 0 Å². The topological polar surface area (TPSA) is 29.1 Å². The Balaban J connectivity index is 1.82. The second-order valence-corrected chi connectivity index (χ2v) is 5.98. The molecule has 3 heteroatoms. The average Bonchev–Trinajstić information content (AvgIpc) is 2.83. The molecule has 1 aromatic rings. The number of hydrogen-bond acceptors (Lipinski definition) is 2. The van der Waals surface area contributed by atoms with Gasteiger partial charge in [-0.3, -0.25) is 4.79 Å². The van der Waals surface area contributed by atoms with E-state index in [2.05, 4.69) is 5.32 Å². The highest BCUT2D eigenvalue weighted by Gasteiger charge is 2.20. The predicted molar refractivity (Wildman–Crippen MR) is 72.2 cm³/mol. The van der Waals surface area contributed by atoms with Crippen LogP contribution in [-0.4, -0.2) is 17.2 Å². The minimum Gasteiger partial charge on any atom is -0.352 e. The molecule has 92 valence electrons. The van der Waals surface area contributed by atoms with Crippen LogP contribution in [0.15, 0.2) is 35.2 Å². The maximum absolute atomic E-state index is 12.0. The smallest absolute Gasteiger partial charge is 0.233 e. The standard InChI is InChI=1S/C14H19NOS/c1-11(17-13-9-3-2-4-10-13)14(16)15-12-7-5-6-8-12/h2-4,9-12H,5-8H2,1H3,(H,15,16)/t11-/m0/s1. The molecule has 0 radical (unpaired) electrons. The molecule has 0 spiro atoms. The van der Waals surface area contributed by atoms with Gasteiger partial charge >= 0.3 is 0 Å². The van der Waals surface area contributed by atoms with Gasteiger partial charge in [0.2, 0.25) is 5.91 Å². The molecule has 1 aliphatic rings. The molecule has 17 heavy (non-hydrogen) atoms. The third-order valence-electron chi connectivity index (χ3n) is 3.13. The maximum atomic E-state index is 12.0. The molecule has 1 saturated carbocycles. The number of thioether (sulfide) groups is 1. The molecule has 0 heterocycles. The molecule has 0 bridgehead atoms. The Morgan fingerprint density at radius 3 is 2.59 bits per heavy atom. The number of carbonyl (C=O) groups is 1. The highest BCUT2D eigenvalue weighted by molar-refractivity contribution is 8.00. The third-order valence-corrected chi connectivity index (χ3v) is 4.24. The minimum atomic E-state index is -0.0157. The van der Waals surface area contributed by atoms with Gasteiger partial charge in [-0.1, -0.05) is 31.0 Å². The molecule has 0 aliphatic heterocycles. The van der Waals surface area contributed by atoms with Gasteiger partial charge in [-0.15, -0.1) is 11.8 Å². The third kappa shape index (κ3) is 3.77. The Labute approximate surface area is 107 Å². The van der Waals surface area contributed by atoms with Gasteiger partial charge in [0.1, 0.15) is 0 Å². The fourth-order valence-electron chi connectivity index (χ4n) is 2.15. The van der Waals surface area contributed by atoms with E-state index >= 15 is 0 Å². The molecule has 1 atom stereocenters. The number of hydrogen-bond donors (Lipinski definition) is 1. The Morgan fingerprint density at radius 2 is 1.94 bits per heavy atom. The Morgan fingerprint density at radius 1 is 1.29 bits per heavy atom. The summed E-state index contributed by atoms with van der Waals surface area (Å²) >= 11 is 1.62. The van der Waals surface area contributed by atoms with Gasteiger partial charge in [0.05, 0.1) is 5.25 Å². The first-order valence-corrected chi connectivity index (χ1v) is 7.16. The van der Waals surface area contributed by atoms with Crippen molar-refractivity contribution < 1.29 is 4.79 Å². The molecule has 1 N–H and O–H groups in total. The molecule has 0 saturated heterocycles. The van der Waals surface area contributed by atoms with E-state index in [9.17, 15) is 4.79 Å². The van der Waals surface area contributed by atoms with E-state index in [4.69, 9.17) is 0 Å². The Bertz CT molecular complexity index is 360. The monoisotopic (exact) mass is 249 g/mol. The molecule has 0 aromatic heterocycles. The SMILES string of the molecule is C[C@H](Sc1ccccc1)C(=O)NC1CCCC1. The first-order chi connectivity index (χ1) is 8.25. The summed E-state index contributed by atoms with van der Waals surface area (Å²) in [6.07, 6.45) is 4.80. The van der Waals surface area contributed by atoms with Crippen molar-refractivity contribution in [1.29, 1.82) is 0 Å². The quantitative estimate of drug-likeness (QED) is 0.830. The summed E-state index contributed by atoms with van der Waals surface area (Å²) in [6, 6.07) is 10.5. The highest BCUT2D eigenvalue weighted by Crippen LogP contribution is 2.24. The van der Waals surface area contributed by atoms with Crippen molar-refractivity contribution >= 4 is 17.7 Å². The van der Waals surface area contributed by atoms with Crippen molar-refractivity contribution in [1.82, 2.24) is 5.32 Å². The van der Waals surface area contributed by atoms with Crippen molar-refractivity contribution in [3.63, 3.8) is 0 Å². The molecule has 2 nitrogen and oxygen atoms in total. The predicted octanol–water partition coefficient (Wildman–Crippen LogP) is 3.23. The molecule has 1 aliphatic carbocycles. The van der Waals surface area contributed by atoms with E-state index in [1.165, 1.54) is 12.8 Å². The van der Waals surface area contributed by atoms with Crippen LogP contribution >= 0.6 is 11.8 Å². The summed E-state index contributed by atoms with van der Waals surface area (Å²) in [7, 11) is 0. The van der Waals surface area contributed by atoms with Crippen molar-refractivity contribution in [2.45, 2.75) is 48.8 Å². The second-order valence-electron chi connectivity index (χ2n) is 4.56. The molecule has 0 unspecified atom stereocenters. The Hall–Kier alpha value is -0.960. The number of nitrogens with one attached hydrogen (secondary N) is 1. The molecular weight excluding hydrogens is 230 g/mol. The molecular formula is C14H19NOS. The summed E-state index contributed by atoms with van der Waals surface area (Å²) in [4.78, 5) is 13.1. The lowest BCUT2D eigenvalue weighted by atomic mass is 10.2. The van der Waals surface area contributed by atoms with Crippen LogP contribution < -0.4 is 5.32 Å². The largest absolute Gasteiger partial charge is 0.352 e. The lowest BCUT2D eigenvalue weighted by molar-refractivity contribution is -0.120.